The number of urea groups is 1. The fraction of sp³-hybridized carbons (Fsp3) is 0.262. The number of carboxylic acids is 4. The van der Waals surface area contributed by atoms with Gasteiger partial charge in [0.2, 0.25) is 5.91 Å². The Morgan fingerprint density at radius 2 is 1.48 bits per heavy atom. The molecule has 0 saturated carbocycles. The number of phenols is 1. The van der Waals surface area contributed by atoms with Crippen molar-refractivity contribution in [3.05, 3.63) is 112 Å². The number of hydrogen-bond donors (Lipinski definition) is 9. The highest BCUT2D eigenvalue weighted by Crippen LogP contribution is 2.47. The summed E-state index contributed by atoms with van der Waals surface area (Å²) in [6.45, 7) is 1.20. The van der Waals surface area contributed by atoms with Crippen LogP contribution < -0.4 is 21.3 Å². The monoisotopic (exact) mass is 823 g/mol. The number of carbonyl (C=O) groups is 8. The summed E-state index contributed by atoms with van der Waals surface area (Å²) >= 11 is 0. The fourth-order valence-electron chi connectivity index (χ4n) is 7.02. The summed E-state index contributed by atoms with van der Waals surface area (Å²) < 4.78 is 0. The molecule has 0 fully saturated rings. The quantitative estimate of drug-likeness (QED) is 0.0882. The fourth-order valence-corrected chi connectivity index (χ4v) is 7.02. The van der Waals surface area contributed by atoms with Crippen molar-refractivity contribution in [2.45, 2.75) is 57.0 Å². The summed E-state index contributed by atoms with van der Waals surface area (Å²) in [5.41, 5.74) is 3.62. The lowest BCUT2D eigenvalue weighted by atomic mass is 9.67. The number of allylic oxidation sites excluding steroid dienone is 4. The molecule has 5 rings (SSSR count). The van der Waals surface area contributed by atoms with E-state index in [1.54, 1.807) is 37.3 Å². The van der Waals surface area contributed by atoms with E-state index in [4.69, 9.17) is 5.11 Å². The molecule has 3 aromatic rings. The highest BCUT2D eigenvalue weighted by Gasteiger charge is 2.37. The van der Waals surface area contributed by atoms with Crippen molar-refractivity contribution in [3.8, 4) is 5.75 Å². The van der Waals surface area contributed by atoms with Gasteiger partial charge in [-0.1, -0.05) is 42.8 Å². The van der Waals surface area contributed by atoms with Crippen LogP contribution in [0.2, 0.25) is 0 Å². The molecule has 4 atom stereocenters. The number of hydrogen-bond acceptors (Lipinski definition) is 10. The standard InChI is InChI=1S/C42H41N5O13/c1-2-32(43-20-35(50)44-24-5-3-21(4-6-24)15-34(41(58)59)47-42(60)46-33(40(56)57)13-14-36(51)52)38(53)45-25-7-10-30(31(19-25)39(54)55)37-28-11-8-26(48)17-22(28)16-23-18-27(49)9-12-29(23)37/h3-12,17-19,28,33-34,37,49H,2,13-16,20H2,1H3,(H,44,50)(H,45,53)(H,51,52)(H,54,55)(H,56,57)(H,58,59)(H2,46,47,60)/b43-32+/t28?,33-,34-,37?/m0/s1. The predicted octanol–water partition coefficient (Wildman–Crippen LogP) is 3.50. The minimum absolute atomic E-state index is 0.00191. The molecule has 312 valence electrons. The molecule has 0 saturated heterocycles. The van der Waals surface area contributed by atoms with Crippen LogP contribution in [-0.4, -0.2) is 97.4 Å². The first kappa shape index (κ1) is 43.5. The molecule has 0 bridgehead atoms. The van der Waals surface area contributed by atoms with Crippen molar-refractivity contribution in [3.63, 3.8) is 0 Å². The molecule has 9 N–H and O–H groups in total. The number of aromatic hydroxyl groups is 1. The number of anilines is 2. The molecule has 0 heterocycles. The van der Waals surface area contributed by atoms with Crippen LogP contribution in [0.5, 0.6) is 5.75 Å². The number of benzene rings is 3. The number of carbonyl (C=O) groups excluding carboxylic acids is 4. The number of ketones is 1. The minimum atomic E-state index is -1.56. The van der Waals surface area contributed by atoms with Gasteiger partial charge in [0.1, 0.15) is 30.1 Å². The summed E-state index contributed by atoms with van der Waals surface area (Å²) in [5.74, 6) is -7.64. The molecule has 0 aromatic heterocycles. The highest BCUT2D eigenvalue weighted by molar-refractivity contribution is 6.43. The Balaban J connectivity index is 1.21. The molecule has 4 amide bonds. The van der Waals surface area contributed by atoms with Crippen LogP contribution in [0.4, 0.5) is 16.2 Å². The number of rotatable bonds is 17. The van der Waals surface area contributed by atoms with Gasteiger partial charge in [-0.25, -0.2) is 19.2 Å². The van der Waals surface area contributed by atoms with Crippen LogP contribution in [0.25, 0.3) is 0 Å². The topological polar surface area (TPSA) is 298 Å². The molecule has 3 aromatic carbocycles. The summed E-state index contributed by atoms with van der Waals surface area (Å²) in [4.78, 5) is 101. The van der Waals surface area contributed by atoms with Gasteiger partial charge in [0.25, 0.3) is 5.91 Å². The van der Waals surface area contributed by atoms with E-state index in [0.717, 1.165) is 16.7 Å². The van der Waals surface area contributed by atoms with Gasteiger partial charge in [-0.15, -0.1) is 0 Å². The smallest absolute Gasteiger partial charge is 0.336 e. The van der Waals surface area contributed by atoms with E-state index in [1.807, 2.05) is 0 Å². The highest BCUT2D eigenvalue weighted by atomic mass is 16.4. The average Bonchev–Trinajstić information content (AvgIpc) is 3.18. The zero-order valence-corrected chi connectivity index (χ0v) is 32.0. The number of amides is 4. The number of nitrogens with zero attached hydrogens (tertiary/aromatic N) is 1. The first-order valence-electron chi connectivity index (χ1n) is 18.6. The van der Waals surface area contributed by atoms with Crippen molar-refractivity contribution in [1.82, 2.24) is 10.6 Å². The molecule has 2 aliphatic rings. The van der Waals surface area contributed by atoms with E-state index in [0.29, 0.717) is 23.2 Å². The average molecular weight is 824 g/mol. The van der Waals surface area contributed by atoms with Crippen LogP contribution in [-0.2, 0) is 41.6 Å². The second-order valence-electron chi connectivity index (χ2n) is 14.0. The SMILES string of the molecule is CC/C(=N\CC(=O)Nc1ccc(C[C@H](NC(=O)N[C@@H](CCC(=O)O)C(=O)O)C(=O)O)cc1)C(=O)Nc1ccc(C2c3ccc(O)cc3CC3=CC(=O)C=CC32)c(C(=O)O)c1. The van der Waals surface area contributed by atoms with Crippen LogP contribution in [0.1, 0.15) is 64.7 Å². The Hall–Kier alpha value is -7.63. The number of aliphatic imine (C=N–C) groups is 1. The first-order valence-corrected chi connectivity index (χ1v) is 18.6. The number of aliphatic carboxylic acids is 3. The van der Waals surface area contributed by atoms with Gasteiger partial charge in [0.05, 0.1) is 5.56 Å². The van der Waals surface area contributed by atoms with E-state index in [-0.39, 0.29) is 47.3 Å². The van der Waals surface area contributed by atoms with Crippen LogP contribution in [0.15, 0.2) is 89.5 Å². The molecular formula is C42H41N5O13. The maximum absolute atomic E-state index is 13.3. The normalized spacial score (nSPS) is 16.5. The third-order valence-electron chi connectivity index (χ3n) is 9.86. The van der Waals surface area contributed by atoms with Crippen LogP contribution in [0, 0.1) is 5.92 Å². The van der Waals surface area contributed by atoms with E-state index in [1.165, 1.54) is 48.6 Å². The molecule has 2 aliphatic carbocycles. The second-order valence-corrected chi connectivity index (χ2v) is 14.0. The van der Waals surface area contributed by atoms with Crippen LogP contribution in [0.3, 0.4) is 0 Å². The number of phenolic OH excluding ortho intramolecular Hbond substituents is 1. The lowest BCUT2D eigenvalue weighted by molar-refractivity contribution is -0.140. The Morgan fingerprint density at radius 3 is 2.13 bits per heavy atom. The maximum atomic E-state index is 13.3. The van der Waals surface area contributed by atoms with Gasteiger partial charge in [-0.05, 0) is 90.1 Å². The number of fused-ring (bicyclic) bond motifs is 2. The van der Waals surface area contributed by atoms with Gasteiger partial charge < -0.3 is 46.8 Å². The second kappa shape index (κ2) is 19.2. The molecule has 18 nitrogen and oxygen atoms in total. The molecule has 0 aliphatic heterocycles. The van der Waals surface area contributed by atoms with Gasteiger partial charge in [-0.2, -0.15) is 0 Å². The van der Waals surface area contributed by atoms with Gasteiger partial charge >= 0.3 is 29.9 Å². The van der Waals surface area contributed by atoms with Crippen LogP contribution >= 0.6 is 0 Å². The molecule has 18 heteroatoms. The summed E-state index contributed by atoms with van der Waals surface area (Å²) in [6, 6.07) is 11.1. The molecule has 0 spiro atoms. The van der Waals surface area contributed by atoms with E-state index < -0.39 is 79.1 Å². The number of aromatic carboxylic acids is 1. The Bertz CT molecular complexity index is 2330. The number of nitrogens with one attached hydrogen (secondary N) is 4. The molecule has 60 heavy (non-hydrogen) atoms. The van der Waals surface area contributed by atoms with E-state index in [2.05, 4.69) is 26.3 Å². The van der Waals surface area contributed by atoms with E-state index in [9.17, 15) is 58.8 Å². The maximum Gasteiger partial charge on any atom is 0.336 e. The minimum Gasteiger partial charge on any atom is -0.508 e. The lowest BCUT2D eigenvalue weighted by Crippen LogP contribution is -2.51. The summed E-state index contributed by atoms with van der Waals surface area (Å²) in [7, 11) is 0. The van der Waals surface area contributed by atoms with Gasteiger partial charge in [0, 0.05) is 36.1 Å². The zero-order chi connectivity index (χ0) is 43.7. The molecular weight excluding hydrogens is 782 g/mol. The largest absolute Gasteiger partial charge is 0.508 e. The lowest BCUT2D eigenvalue weighted by Gasteiger charge is -2.36. The predicted molar refractivity (Wildman–Crippen MR) is 214 cm³/mol. The Labute approximate surface area is 341 Å². The van der Waals surface area contributed by atoms with Crippen molar-refractivity contribution in [2.75, 3.05) is 17.2 Å². The molecule has 0 radical (unpaired) electrons. The van der Waals surface area contributed by atoms with Crippen molar-refractivity contribution < 1.29 is 63.9 Å². The van der Waals surface area contributed by atoms with Gasteiger partial charge in [-0.3, -0.25) is 24.2 Å². The summed E-state index contributed by atoms with van der Waals surface area (Å²) in [5, 5.41) is 57.6. The van der Waals surface area contributed by atoms with Crippen molar-refractivity contribution in [1.29, 1.82) is 0 Å². The Kier molecular flexibility index (Phi) is 13.9. The Morgan fingerprint density at radius 1 is 0.817 bits per heavy atom. The zero-order valence-electron chi connectivity index (χ0n) is 32.0. The van der Waals surface area contributed by atoms with Crippen molar-refractivity contribution in [2.24, 2.45) is 10.9 Å². The third-order valence-corrected chi connectivity index (χ3v) is 9.86. The first-order chi connectivity index (χ1) is 28.5. The van der Waals surface area contributed by atoms with E-state index >= 15 is 0 Å². The summed E-state index contributed by atoms with van der Waals surface area (Å²) in [6.07, 6.45) is 4.11. The van der Waals surface area contributed by atoms with Crippen molar-refractivity contribution >= 4 is 64.6 Å². The van der Waals surface area contributed by atoms with Gasteiger partial charge in [0.15, 0.2) is 5.78 Å². The third kappa shape index (κ3) is 11.1. The molecule has 2 unspecified atom stereocenters. The number of carboxylic acid groups (broad SMARTS) is 4.